The zero-order chi connectivity index (χ0) is 16.1. The molecule has 1 unspecified atom stereocenters. The van der Waals surface area contributed by atoms with E-state index in [9.17, 15) is 9.59 Å². The van der Waals surface area contributed by atoms with Gasteiger partial charge in [0, 0.05) is 32.1 Å². The van der Waals surface area contributed by atoms with E-state index in [2.05, 4.69) is 10.4 Å². The number of aryl methyl sites for hydroxylation is 1. The predicted molar refractivity (Wildman–Crippen MR) is 80.0 cm³/mol. The van der Waals surface area contributed by atoms with Gasteiger partial charge < -0.3 is 14.7 Å². The average molecular weight is 310 g/mol. The monoisotopic (exact) mass is 310 g/mol. The Hall–Kier alpha value is -2.25. The number of methoxy groups -OCH3 is 1. The first-order valence-electron chi connectivity index (χ1n) is 7.38. The molecule has 2 N–H and O–H groups in total. The molecule has 122 valence electrons. The number of carbonyl (C=O) groups excluding carboxylic acids is 1. The molecule has 1 saturated heterocycles. The van der Waals surface area contributed by atoms with Crippen LogP contribution in [0.2, 0.25) is 0 Å². The van der Waals surface area contributed by atoms with Crippen LogP contribution in [0.4, 0.5) is 10.6 Å². The normalized spacial score (nSPS) is 18.1. The Morgan fingerprint density at radius 2 is 2.27 bits per heavy atom. The van der Waals surface area contributed by atoms with Gasteiger partial charge in [-0.3, -0.25) is 10.1 Å². The van der Waals surface area contributed by atoms with Crippen molar-refractivity contribution in [1.82, 2.24) is 14.7 Å². The molecule has 1 aliphatic heterocycles. The third-order valence-electron chi connectivity index (χ3n) is 3.86. The van der Waals surface area contributed by atoms with E-state index in [1.165, 1.54) is 11.8 Å². The molecule has 0 bridgehead atoms. The number of nitrogens with one attached hydrogen (secondary N) is 1. The summed E-state index contributed by atoms with van der Waals surface area (Å²) < 4.78 is 6.64. The molecule has 8 heteroatoms. The third kappa shape index (κ3) is 3.90. The number of carboxylic acid groups (broad SMARTS) is 1. The summed E-state index contributed by atoms with van der Waals surface area (Å²) in [6, 6.07) is 1.37. The summed E-state index contributed by atoms with van der Waals surface area (Å²) >= 11 is 0. The van der Waals surface area contributed by atoms with Gasteiger partial charge in [-0.15, -0.1) is 0 Å². The molecule has 1 aromatic rings. The van der Waals surface area contributed by atoms with Crippen LogP contribution in [0.3, 0.4) is 0 Å². The van der Waals surface area contributed by atoms with Crippen LogP contribution in [0.5, 0.6) is 5.88 Å². The number of aliphatic carboxylic acids is 1. The number of piperidine rings is 1. The zero-order valence-electron chi connectivity index (χ0n) is 12.9. The second-order valence-electron chi connectivity index (χ2n) is 5.40. The van der Waals surface area contributed by atoms with Crippen LogP contribution in [-0.2, 0) is 11.8 Å². The number of carboxylic acids is 1. The lowest BCUT2D eigenvalue weighted by molar-refractivity contribution is -0.137. The number of amides is 2. The van der Waals surface area contributed by atoms with Crippen molar-refractivity contribution in [1.29, 1.82) is 0 Å². The first kappa shape index (κ1) is 16.1. The van der Waals surface area contributed by atoms with E-state index >= 15 is 0 Å². The van der Waals surface area contributed by atoms with Gasteiger partial charge in [0.25, 0.3) is 0 Å². The molecule has 2 amide bonds. The van der Waals surface area contributed by atoms with Crippen molar-refractivity contribution < 1.29 is 19.4 Å². The molecule has 0 saturated carbocycles. The Kier molecular flexibility index (Phi) is 5.24. The van der Waals surface area contributed by atoms with Crippen molar-refractivity contribution >= 4 is 17.8 Å². The first-order valence-corrected chi connectivity index (χ1v) is 7.38. The number of nitrogens with zero attached hydrogens (tertiary/aromatic N) is 3. The first-order chi connectivity index (χ1) is 10.5. The minimum Gasteiger partial charge on any atom is -0.481 e. The number of carbonyl (C=O) groups is 2. The molecule has 8 nitrogen and oxygen atoms in total. The van der Waals surface area contributed by atoms with E-state index in [0.29, 0.717) is 24.7 Å². The number of likely N-dealkylation sites (tertiary alicyclic amines) is 1. The fourth-order valence-corrected chi connectivity index (χ4v) is 2.74. The molecule has 2 heterocycles. The van der Waals surface area contributed by atoms with Crippen molar-refractivity contribution in [2.75, 3.05) is 19.0 Å². The number of aromatic nitrogens is 2. The fraction of sp³-hybridized carbons (Fsp3) is 0.643. The van der Waals surface area contributed by atoms with Crippen LogP contribution in [-0.4, -0.2) is 51.5 Å². The maximum Gasteiger partial charge on any atom is 0.323 e. The molecule has 0 aromatic carbocycles. The Morgan fingerprint density at radius 1 is 1.50 bits per heavy atom. The second-order valence-corrected chi connectivity index (χ2v) is 5.40. The van der Waals surface area contributed by atoms with Gasteiger partial charge in [0.05, 0.1) is 7.11 Å². The highest BCUT2D eigenvalue weighted by atomic mass is 16.5. The van der Waals surface area contributed by atoms with Gasteiger partial charge >= 0.3 is 12.0 Å². The van der Waals surface area contributed by atoms with Crippen LogP contribution in [0, 0.1) is 0 Å². The van der Waals surface area contributed by atoms with Gasteiger partial charge in [-0.1, -0.05) is 0 Å². The summed E-state index contributed by atoms with van der Waals surface area (Å²) in [5, 5.41) is 15.7. The Morgan fingerprint density at radius 3 is 2.91 bits per heavy atom. The molecule has 1 aromatic heterocycles. The maximum atomic E-state index is 12.4. The molecule has 0 aliphatic carbocycles. The number of ether oxygens (including phenoxy) is 1. The topological polar surface area (TPSA) is 96.7 Å². The summed E-state index contributed by atoms with van der Waals surface area (Å²) in [6.07, 6.45) is 3.35. The summed E-state index contributed by atoms with van der Waals surface area (Å²) in [5.74, 6) is 0.142. The van der Waals surface area contributed by atoms with Crippen molar-refractivity contribution in [2.45, 2.75) is 38.1 Å². The summed E-state index contributed by atoms with van der Waals surface area (Å²) in [7, 11) is 3.26. The summed E-state index contributed by atoms with van der Waals surface area (Å²) in [4.78, 5) is 24.9. The summed E-state index contributed by atoms with van der Waals surface area (Å²) in [5.41, 5.74) is 0. The van der Waals surface area contributed by atoms with E-state index in [1.807, 2.05) is 0 Å². The Labute approximate surface area is 129 Å². The number of hydrogen-bond donors (Lipinski definition) is 2. The molecule has 22 heavy (non-hydrogen) atoms. The van der Waals surface area contributed by atoms with Gasteiger partial charge in [0.1, 0.15) is 0 Å². The standard InChI is InChI=1S/C14H22N4O4/c1-17-12(22-2)9-11(16-17)15-14(21)18-8-4-3-5-10(18)6-7-13(19)20/h9-10H,3-8H2,1-2H3,(H,19,20)(H,15,16,21). The molecular formula is C14H22N4O4. The van der Waals surface area contributed by atoms with E-state index in [-0.39, 0.29) is 18.5 Å². The Bertz CT molecular complexity index is 543. The van der Waals surface area contributed by atoms with Gasteiger partial charge in [-0.25, -0.2) is 9.48 Å². The predicted octanol–water partition coefficient (Wildman–Crippen LogP) is 1.68. The van der Waals surface area contributed by atoms with Gasteiger partial charge in [-0.05, 0) is 25.7 Å². The molecule has 1 aliphatic rings. The smallest absolute Gasteiger partial charge is 0.323 e. The largest absolute Gasteiger partial charge is 0.481 e. The maximum absolute atomic E-state index is 12.4. The van der Waals surface area contributed by atoms with Crippen LogP contribution < -0.4 is 10.1 Å². The number of hydrogen-bond acceptors (Lipinski definition) is 4. The highest BCUT2D eigenvalue weighted by Gasteiger charge is 2.27. The van der Waals surface area contributed by atoms with Crippen LogP contribution in [0.25, 0.3) is 0 Å². The van der Waals surface area contributed by atoms with Crippen molar-refractivity contribution in [3.8, 4) is 5.88 Å². The van der Waals surface area contributed by atoms with Crippen molar-refractivity contribution in [2.24, 2.45) is 7.05 Å². The van der Waals surface area contributed by atoms with Gasteiger partial charge in [0.2, 0.25) is 5.88 Å². The summed E-state index contributed by atoms with van der Waals surface area (Å²) in [6.45, 7) is 0.639. The van der Waals surface area contributed by atoms with Crippen LogP contribution in [0.15, 0.2) is 6.07 Å². The lowest BCUT2D eigenvalue weighted by Crippen LogP contribution is -2.46. The third-order valence-corrected chi connectivity index (χ3v) is 3.86. The average Bonchev–Trinajstić information content (AvgIpc) is 2.85. The highest BCUT2D eigenvalue weighted by Crippen LogP contribution is 2.22. The Balaban J connectivity index is 2.00. The van der Waals surface area contributed by atoms with Crippen molar-refractivity contribution in [3.63, 3.8) is 0 Å². The SMILES string of the molecule is COc1cc(NC(=O)N2CCCCC2CCC(=O)O)nn1C. The lowest BCUT2D eigenvalue weighted by atomic mass is 9.98. The number of rotatable bonds is 5. The van der Waals surface area contributed by atoms with E-state index in [0.717, 1.165) is 19.3 Å². The number of anilines is 1. The van der Waals surface area contributed by atoms with Gasteiger partial charge in [0.15, 0.2) is 5.82 Å². The fourth-order valence-electron chi connectivity index (χ4n) is 2.74. The molecular weight excluding hydrogens is 288 g/mol. The van der Waals surface area contributed by atoms with Crippen LogP contribution in [0.1, 0.15) is 32.1 Å². The van der Waals surface area contributed by atoms with E-state index in [1.54, 1.807) is 18.0 Å². The van der Waals surface area contributed by atoms with Crippen LogP contribution >= 0.6 is 0 Å². The number of urea groups is 1. The highest BCUT2D eigenvalue weighted by molar-refractivity contribution is 5.88. The molecule has 0 radical (unpaired) electrons. The quantitative estimate of drug-likeness (QED) is 0.862. The molecule has 1 atom stereocenters. The minimum absolute atomic E-state index is 0.0320. The van der Waals surface area contributed by atoms with Gasteiger partial charge in [-0.2, -0.15) is 5.10 Å². The van der Waals surface area contributed by atoms with E-state index < -0.39 is 5.97 Å². The molecule has 2 rings (SSSR count). The second kappa shape index (κ2) is 7.15. The molecule has 1 fully saturated rings. The zero-order valence-corrected chi connectivity index (χ0v) is 12.9. The lowest BCUT2D eigenvalue weighted by Gasteiger charge is -2.35. The van der Waals surface area contributed by atoms with E-state index in [4.69, 9.17) is 9.84 Å². The minimum atomic E-state index is -0.833. The molecule has 0 spiro atoms. The van der Waals surface area contributed by atoms with Crippen molar-refractivity contribution in [3.05, 3.63) is 6.07 Å².